The number of rotatable bonds is 12. The van der Waals surface area contributed by atoms with E-state index < -0.39 is 0 Å². The van der Waals surface area contributed by atoms with E-state index in [-0.39, 0.29) is 12.1 Å². The second kappa shape index (κ2) is 11.9. The second-order valence-corrected chi connectivity index (χ2v) is 8.90. The van der Waals surface area contributed by atoms with Gasteiger partial charge < -0.3 is 19.7 Å². The fourth-order valence-corrected chi connectivity index (χ4v) is 4.70. The number of carbonyl (C=O) groups excluding carboxylic acids is 1. The molecule has 3 aromatic rings. The predicted molar refractivity (Wildman–Crippen MR) is 139 cm³/mol. The Morgan fingerprint density at radius 1 is 0.882 bits per heavy atom. The number of nitrogens with one attached hydrogen (secondary N) is 1. The van der Waals surface area contributed by atoms with E-state index in [4.69, 9.17) is 9.47 Å². The van der Waals surface area contributed by atoms with Crippen LogP contribution in [0.3, 0.4) is 0 Å². The molecular weight excluding hydrogens is 424 g/mol. The highest BCUT2D eigenvalue weighted by Crippen LogP contribution is 2.40. The van der Waals surface area contributed by atoms with Crippen LogP contribution in [0.25, 0.3) is 10.8 Å². The molecule has 0 saturated carbocycles. The highest BCUT2D eigenvalue weighted by molar-refractivity contribution is 6.02. The fourth-order valence-electron chi connectivity index (χ4n) is 4.70. The molecule has 4 rings (SSSR count). The molecular formula is C29H36N2O3. The molecule has 1 aliphatic heterocycles. The number of fused-ring (bicyclic) bond motifs is 2. The lowest BCUT2D eigenvalue weighted by atomic mass is 9.97. The van der Waals surface area contributed by atoms with Gasteiger partial charge in [0.15, 0.2) is 0 Å². The molecule has 180 valence electrons. The van der Waals surface area contributed by atoms with Gasteiger partial charge in [0.2, 0.25) is 0 Å². The number of hydrogen-bond donors (Lipinski definition) is 1. The standard InChI is InChI=1S/C29H36N2O3/c1-3-4-5-6-11-21-34-26-18-17-22-13-7-8-14-23(22)27(26)28-30-25-16-10-9-15-24(25)29(32)31(28)19-12-20-33-2/h7-10,13-18,28,30H,3-6,11-12,19-21H2,1-2H3. The molecule has 0 fully saturated rings. The zero-order chi connectivity index (χ0) is 23.8. The van der Waals surface area contributed by atoms with Gasteiger partial charge >= 0.3 is 0 Å². The molecule has 0 bridgehead atoms. The number of nitrogens with zero attached hydrogens (tertiary/aromatic N) is 1. The molecule has 5 heteroatoms. The third kappa shape index (κ3) is 5.36. The van der Waals surface area contributed by atoms with E-state index in [9.17, 15) is 4.79 Å². The van der Waals surface area contributed by atoms with Gasteiger partial charge in [-0.05, 0) is 41.8 Å². The molecule has 1 N–H and O–H groups in total. The van der Waals surface area contributed by atoms with Gasteiger partial charge in [-0.1, -0.05) is 75.1 Å². The summed E-state index contributed by atoms with van der Waals surface area (Å²) in [6.45, 7) is 4.11. The van der Waals surface area contributed by atoms with Crippen LogP contribution in [0.1, 0.15) is 67.5 Å². The molecule has 1 atom stereocenters. The fraction of sp³-hybridized carbons (Fsp3) is 0.414. The lowest BCUT2D eigenvalue weighted by molar-refractivity contribution is 0.0659. The maximum atomic E-state index is 13.6. The number of amides is 1. The lowest BCUT2D eigenvalue weighted by Gasteiger charge is -2.39. The van der Waals surface area contributed by atoms with Crippen molar-refractivity contribution in [1.29, 1.82) is 0 Å². The summed E-state index contributed by atoms with van der Waals surface area (Å²) < 4.78 is 11.7. The Balaban J connectivity index is 1.70. The van der Waals surface area contributed by atoms with Crippen molar-refractivity contribution in [2.75, 3.05) is 32.2 Å². The first-order chi connectivity index (χ1) is 16.7. The van der Waals surface area contributed by atoms with E-state index >= 15 is 0 Å². The van der Waals surface area contributed by atoms with Gasteiger partial charge in [-0.15, -0.1) is 0 Å². The van der Waals surface area contributed by atoms with Crippen molar-refractivity contribution < 1.29 is 14.3 Å². The van der Waals surface area contributed by atoms with Gasteiger partial charge in [-0.25, -0.2) is 0 Å². The quantitative estimate of drug-likeness (QED) is 0.302. The first-order valence-corrected chi connectivity index (χ1v) is 12.5. The Bertz CT molecular complexity index is 1100. The molecule has 3 aromatic carbocycles. The average molecular weight is 461 g/mol. The van der Waals surface area contributed by atoms with E-state index in [0.717, 1.165) is 40.6 Å². The van der Waals surface area contributed by atoms with Crippen molar-refractivity contribution >= 4 is 22.4 Å². The first kappa shape index (κ1) is 24.1. The van der Waals surface area contributed by atoms with E-state index in [1.54, 1.807) is 7.11 Å². The third-order valence-electron chi connectivity index (χ3n) is 6.48. The monoisotopic (exact) mass is 460 g/mol. The highest BCUT2D eigenvalue weighted by atomic mass is 16.5. The van der Waals surface area contributed by atoms with Gasteiger partial charge in [-0.3, -0.25) is 4.79 Å². The minimum atomic E-state index is -0.319. The summed E-state index contributed by atoms with van der Waals surface area (Å²) in [6, 6.07) is 20.3. The molecule has 1 heterocycles. The topological polar surface area (TPSA) is 50.8 Å². The summed E-state index contributed by atoms with van der Waals surface area (Å²) >= 11 is 0. The smallest absolute Gasteiger partial charge is 0.257 e. The van der Waals surface area contributed by atoms with Crippen LogP contribution in [-0.4, -0.2) is 37.7 Å². The Labute approximate surface area is 203 Å². The van der Waals surface area contributed by atoms with Crippen LogP contribution < -0.4 is 10.1 Å². The number of anilines is 1. The van der Waals surface area contributed by atoms with Crippen molar-refractivity contribution in [1.82, 2.24) is 4.90 Å². The number of para-hydroxylation sites is 1. The normalized spacial score (nSPS) is 15.3. The highest BCUT2D eigenvalue weighted by Gasteiger charge is 2.35. The summed E-state index contributed by atoms with van der Waals surface area (Å²) in [6.07, 6.45) is 6.40. The largest absolute Gasteiger partial charge is 0.493 e. The molecule has 0 saturated heterocycles. The second-order valence-electron chi connectivity index (χ2n) is 8.90. The Morgan fingerprint density at radius 3 is 2.53 bits per heavy atom. The number of hydrogen-bond acceptors (Lipinski definition) is 4. The van der Waals surface area contributed by atoms with Crippen molar-refractivity contribution in [3.63, 3.8) is 0 Å². The van der Waals surface area contributed by atoms with Crippen molar-refractivity contribution in [3.8, 4) is 5.75 Å². The minimum Gasteiger partial charge on any atom is -0.493 e. The Hall–Kier alpha value is -3.05. The molecule has 1 amide bonds. The molecule has 34 heavy (non-hydrogen) atoms. The van der Waals surface area contributed by atoms with Gasteiger partial charge in [0.05, 0.1) is 12.2 Å². The van der Waals surface area contributed by atoms with Crippen molar-refractivity contribution in [2.45, 2.75) is 51.6 Å². The lowest BCUT2D eigenvalue weighted by Crippen LogP contribution is -2.44. The van der Waals surface area contributed by atoms with Crippen molar-refractivity contribution in [3.05, 3.63) is 71.8 Å². The molecule has 0 aromatic heterocycles. The van der Waals surface area contributed by atoms with Crippen LogP contribution in [0.15, 0.2) is 60.7 Å². The summed E-state index contributed by atoms with van der Waals surface area (Å²) in [5, 5.41) is 5.90. The summed E-state index contributed by atoms with van der Waals surface area (Å²) in [4.78, 5) is 15.5. The number of methoxy groups -OCH3 is 1. The molecule has 0 radical (unpaired) electrons. The molecule has 1 aliphatic rings. The number of ether oxygens (including phenoxy) is 2. The summed E-state index contributed by atoms with van der Waals surface area (Å²) in [7, 11) is 1.69. The number of unbranched alkanes of at least 4 members (excludes halogenated alkanes) is 4. The molecule has 0 spiro atoms. The Kier molecular flexibility index (Phi) is 8.42. The van der Waals surface area contributed by atoms with Crippen LogP contribution in [0.4, 0.5) is 5.69 Å². The maximum Gasteiger partial charge on any atom is 0.257 e. The van der Waals surface area contributed by atoms with Gasteiger partial charge in [0.1, 0.15) is 11.9 Å². The van der Waals surface area contributed by atoms with E-state index in [1.807, 2.05) is 41.3 Å². The van der Waals surface area contributed by atoms with E-state index in [0.29, 0.717) is 25.3 Å². The minimum absolute atomic E-state index is 0.0360. The zero-order valence-electron chi connectivity index (χ0n) is 20.4. The van der Waals surface area contributed by atoms with Crippen LogP contribution in [0, 0.1) is 0 Å². The third-order valence-corrected chi connectivity index (χ3v) is 6.48. The average Bonchev–Trinajstić information content (AvgIpc) is 2.87. The number of carbonyl (C=O) groups is 1. The van der Waals surface area contributed by atoms with Crippen LogP contribution in [-0.2, 0) is 4.74 Å². The van der Waals surface area contributed by atoms with Crippen LogP contribution in [0.2, 0.25) is 0 Å². The van der Waals surface area contributed by atoms with Gasteiger partial charge in [0.25, 0.3) is 5.91 Å². The summed E-state index contributed by atoms with van der Waals surface area (Å²) in [5.41, 5.74) is 2.58. The van der Waals surface area contributed by atoms with Crippen LogP contribution >= 0.6 is 0 Å². The van der Waals surface area contributed by atoms with Gasteiger partial charge in [0, 0.05) is 31.5 Å². The predicted octanol–water partition coefficient (Wildman–Crippen LogP) is 6.79. The maximum absolute atomic E-state index is 13.6. The SMILES string of the molecule is CCCCCCCOc1ccc2ccccc2c1C1Nc2ccccc2C(=O)N1CCCOC. The number of benzene rings is 3. The molecule has 1 unspecified atom stereocenters. The van der Waals surface area contributed by atoms with E-state index in [1.165, 1.54) is 25.7 Å². The van der Waals surface area contributed by atoms with Crippen LogP contribution in [0.5, 0.6) is 5.75 Å². The van der Waals surface area contributed by atoms with Crippen molar-refractivity contribution in [2.24, 2.45) is 0 Å². The Morgan fingerprint density at radius 2 is 1.68 bits per heavy atom. The first-order valence-electron chi connectivity index (χ1n) is 12.5. The van der Waals surface area contributed by atoms with E-state index in [2.05, 4.69) is 36.5 Å². The molecule has 0 aliphatic carbocycles. The summed E-state index contributed by atoms with van der Waals surface area (Å²) in [5.74, 6) is 0.879. The zero-order valence-corrected chi connectivity index (χ0v) is 20.4. The van der Waals surface area contributed by atoms with Gasteiger partial charge in [-0.2, -0.15) is 0 Å². The molecule has 5 nitrogen and oxygen atoms in total.